The van der Waals surface area contributed by atoms with E-state index in [1.807, 2.05) is 0 Å². The molecule has 1 aliphatic heterocycles. The molecule has 1 aromatic carbocycles. The van der Waals surface area contributed by atoms with Crippen molar-refractivity contribution in [3.63, 3.8) is 0 Å². The number of nitrogen functional groups attached to an aromatic ring is 1. The summed E-state index contributed by atoms with van der Waals surface area (Å²) < 4.78 is 69.3. The number of nitrogens with one attached hydrogen (secondary N) is 1. The maximum Gasteiger partial charge on any atom is 0.491 e. The van der Waals surface area contributed by atoms with E-state index in [0.29, 0.717) is 10.1 Å². The van der Waals surface area contributed by atoms with Crippen molar-refractivity contribution in [3.05, 3.63) is 52.8 Å². The third-order valence-corrected chi connectivity index (χ3v) is 8.11. The Morgan fingerprint density at radius 2 is 2.03 bits per heavy atom. The molecule has 202 valence electrons. The minimum Gasteiger partial charge on any atom is -0.420 e. The highest BCUT2D eigenvalue weighted by molar-refractivity contribution is 7.90. The fourth-order valence-electron chi connectivity index (χ4n) is 3.91. The molecule has 5 N–H and O–H groups in total. The number of alkyl halides is 3. The van der Waals surface area contributed by atoms with Gasteiger partial charge in [0, 0.05) is 40.5 Å². The lowest BCUT2D eigenvalue weighted by Gasteiger charge is -2.26. The van der Waals surface area contributed by atoms with Crippen molar-refractivity contribution in [2.45, 2.75) is 25.2 Å². The first-order valence-electron chi connectivity index (χ1n) is 10.6. The molecule has 4 rings (SSSR count). The molecule has 3 aromatic rings. The van der Waals surface area contributed by atoms with Gasteiger partial charge in [0.2, 0.25) is 5.91 Å². The van der Waals surface area contributed by atoms with E-state index in [0.717, 1.165) is 21.7 Å². The van der Waals surface area contributed by atoms with Gasteiger partial charge in [-0.1, -0.05) is 11.6 Å². The summed E-state index contributed by atoms with van der Waals surface area (Å²) in [6, 6.07) is 5.22. The van der Waals surface area contributed by atoms with Crippen LogP contribution in [0.5, 0.6) is 5.75 Å². The molecule has 0 unspecified atom stereocenters. The zero-order chi connectivity index (χ0) is 28.0. The quantitative estimate of drug-likeness (QED) is 0.125. The molecule has 1 saturated heterocycles. The highest BCUT2D eigenvalue weighted by Gasteiger charge is 2.43. The number of rotatable bonds is 7. The number of halogens is 4. The van der Waals surface area contributed by atoms with Crippen LogP contribution in [0.2, 0.25) is 5.15 Å². The number of nitrogens with zero attached hydrogens (tertiary/aromatic N) is 3. The zero-order valence-corrected chi connectivity index (χ0v) is 21.4. The first-order valence-corrected chi connectivity index (χ1v) is 13.3. The summed E-state index contributed by atoms with van der Waals surface area (Å²) in [6.07, 6.45) is -3.84. The van der Waals surface area contributed by atoms with E-state index in [-0.39, 0.29) is 40.8 Å². The van der Waals surface area contributed by atoms with Crippen LogP contribution in [0.3, 0.4) is 0 Å². The summed E-state index contributed by atoms with van der Waals surface area (Å²) in [5.74, 6) is -4.08. The van der Waals surface area contributed by atoms with Crippen molar-refractivity contribution in [1.82, 2.24) is 9.88 Å². The largest absolute Gasteiger partial charge is 0.491 e. The van der Waals surface area contributed by atoms with Gasteiger partial charge in [-0.2, -0.15) is 21.6 Å². The lowest BCUT2D eigenvalue weighted by atomic mass is 10.1. The number of carbonyl (C=O) groups is 2. The molecule has 1 amide bonds. The predicted molar refractivity (Wildman–Crippen MR) is 133 cm³/mol. The topological polar surface area (TPSA) is 173 Å². The number of esters is 1. The minimum absolute atomic E-state index is 0.000314. The summed E-state index contributed by atoms with van der Waals surface area (Å²) in [7, 11) is -4.46. The fourth-order valence-corrected chi connectivity index (χ4v) is 6.47. The molecule has 0 aliphatic carbocycles. The van der Waals surface area contributed by atoms with Crippen LogP contribution in [0.25, 0.3) is 10.1 Å². The molecule has 3 heterocycles. The van der Waals surface area contributed by atoms with Gasteiger partial charge in [-0.05, 0) is 36.8 Å². The number of benzene rings is 1. The number of fused-ring (bicyclic) bond motifs is 1. The number of aromatic nitrogens is 1. The lowest BCUT2D eigenvalue weighted by Crippen LogP contribution is -2.48. The third kappa shape index (κ3) is 5.52. The van der Waals surface area contributed by atoms with Gasteiger partial charge in [-0.25, -0.2) is 19.2 Å². The van der Waals surface area contributed by atoms with Crippen molar-refractivity contribution in [2.75, 3.05) is 10.8 Å². The van der Waals surface area contributed by atoms with Gasteiger partial charge in [0.25, 0.3) is 10.2 Å². The number of thiophene rings is 1. The van der Waals surface area contributed by atoms with E-state index in [4.69, 9.17) is 27.9 Å². The highest BCUT2D eigenvalue weighted by atomic mass is 35.5. The second-order valence-corrected chi connectivity index (χ2v) is 11.0. The van der Waals surface area contributed by atoms with Crippen molar-refractivity contribution in [2.24, 2.45) is 10.9 Å². The van der Waals surface area contributed by atoms with Gasteiger partial charge >= 0.3 is 12.1 Å². The Hall–Kier alpha value is -3.47. The van der Waals surface area contributed by atoms with Gasteiger partial charge in [0.05, 0.1) is 0 Å². The molecular formula is C21H18ClF3N6O5S2. The average Bonchev–Trinajstić information content (AvgIpc) is 3.38. The Balaban J connectivity index is 1.65. The Morgan fingerprint density at radius 3 is 2.63 bits per heavy atom. The second-order valence-electron chi connectivity index (χ2n) is 8.13. The monoisotopic (exact) mass is 590 g/mol. The Morgan fingerprint density at radius 1 is 1.32 bits per heavy atom. The van der Waals surface area contributed by atoms with E-state index >= 15 is 0 Å². The Bertz CT molecular complexity index is 1560. The summed E-state index contributed by atoms with van der Waals surface area (Å²) in [5, 5.41) is 13.8. The molecule has 1 aliphatic rings. The first kappa shape index (κ1) is 27.6. The molecule has 0 saturated carbocycles. The number of anilines is 1. The van der Waals surface area contributed by atoms with Crippen molar-refractivity contribution >= 4 is 65.9 Å². The van der Waals surface area contributed by atoms with Gasteiger partial charge in [-0.3, -0.25) is 10.2 Å². The normalized spacial score (nSPS) is 16.2. The van der Waals surface area contributed by atoms with Gasteiger partial charge < -0.3 is 15.4 Å². The Kier molecular flexibility index (Phi) is 7.26. The highest BCUT2D eigenvalue weighted by Crippen LogP contribution is 2.39. The van der Waals surface area contributed by atoms with E-state index in [1.54, 1.807) is 6.07 Å². The van der Waals surface area contributed by atoms with E-state index < -0.39 is 45.9 Å². The van der Waals surface area contributed by atoms with Gasteiger partial charge in [-0.15, -0.1) is 11.3 Å². The van der Waals surface area contributed by atoms with Crippen LogP contribution in [0.4, 0.5) is 18.2 Å². The second kappa shape index (κ2) is 10.0. The molecule has 0 spiro atoms. The molecule has 0 radical (unpaired) electrons. The van der Waals surface area contributed by atoms with E-state index in [2.05, 4.69) is 9.72 Å². The number of likely N-dealkylation sites (tertiary alicyclic amines) is 1. The van der Waals surface area contributed by atoms with Crippen LogP contribution in [-0.4, -0.2) is 54.8 Å². The molecule has 1 atom stereocenters. The number of ether oxygens (including phenoxy) is 1. The summed E-state index contributed by atoms with van der Waals surface area (Å²) in [6.45, 7) is -0.364. The van der Waals surface area contributed by atoms with Crippen LogP contribution >= 0.6 is 22.9 Å². The summed E-state index contributed by atoms with van der Waals surface area (Å²) >= 11 is 7.12. The van der Waals surface area contributed by atoms with Crippen molar-refractivity contribution in [3.8, 4) is 5.75 Å². The number of carbonyl (C=O) groups excluding carboxylic acids is 2. The van der Waals surface area contributed by atoms with Crippen LogP contribution in [0.15, 0.2) is 36.5 Å². The zero-order valence-electron chi connectivity index (χ0n) is 19.0. The number of nitrogens with two attached hydrogens (primary N) is 2. The molecule has 1 fully saturated rings. The van der Waals surface area contributed by atoms with Crippen molar-refractivity contribution < 1.29 is 35.9 Å². The lowest BCUT2D eigenvalue weighted by molar-refractivity contribution is -0.189. The minimum atomic E-state index is -5.27. The number of amidine groups is 1. The van der Waals surface area contributed by atoms with Crippen LogP contribution in [-0.2, 0) is 26.3 Å². The van der Waals surface area contributed by atoms with Crippen molar-refractivity contribution in [1.29, 1.82) is 5.41 Å². The summed E-state index contributed by atoms with van der Waals surface area (Å²) in [4.78, 5) is 29.9. The predicted octanol–water partition coefficient (Wildman–Crippen LogP) is 2.51. The molecular weight excluding hydrogens is 573 g/mol. The molecule has 17 heteroatoms. The molecule has 2 aromatic heterocycles. The number of hydrogen-bond donors (Lipinski definition) is 3. The Labute approximate surface area is 222 Å². The standard InChI is InChI=1S/C21H18ClF3N6O5S2/c22-17-12-8-16(37-15(12)3-5-29-17)31(38(28,34)35)13-4-6-30(19(13)32)9-11-7-10(18(26)27)1-2-14(11)36-20(33)21(23,24)25/h1-3,5,7-8,13H,4,6,9H2,(H3,26,27)(H2,28,34,35)/t13-/m0/s1. The molecule has 0 bridgehead atoms. The van der Waals surface area contributed by atoms with Crippen LogP contribution in [0.1, 0.15) is 17.5 Å². The van der Waals surface area contributed by atoms with Crippen LogP contribution < -0.4 is 19.9 Å². The van der Waals surface area contributed by atoms with Gasteiger partial charge in [0.15, 0.2) is 0 Å². The number of amides is 1. The average molecular weight is 591 g/mol. The smallest absolute Gasteiger partial charge is 0.420 e. The van der Waals surface area contributed by atoms with E-state index in [9.17, 15) is 31.2 Å². The maximum absolute atomic E-state index is 13.3. The number of pyridine rings is 1. The van der Waals surface area contributed by atoms with Gasteiger partial charge in [0.1, 0.15) is 27.8 Å². The van der Waals surface area contributed by atoms with E-state index in [1.165, 1.54) is 29.3 Å². The molecule has 11 nitrogen and oxygen atoms in total. The fraction of sp³-hybridized carbons (Fsp3) is 0.238. The van der Waals surface area contributed by atoms with Crippen LogP contribution in [0, 0.1) is 5.41 Å². The first-order chi connectivity index (χ1) is 17.7. The number of hydrogen-bond acceptors (Lipinski definition) is 8. The maximum atomic E-state index is 13.3. The summed E-state index contributed by atoms with van der Waals surface area (Å²) in [5.41, 5.74) is 5.53. The molecule has 38 heavy (non-hydrogen) atoms. The SMILES string of the molecule is N=C(N)c1ccc(OC(=O)C(F)(F)F)c(CN2CC[C@H](N(c3cc4c(Cl)nccc4s3)S(N)(=O)=O)C2=O)c1. The third-order valence-electron chi connectivity index (χ3n) is 5.59.